The Hall–Kier alpha value is -1.48. The Kier molecular flexibility index (Phi) is 4.58. The smallest absolute Gasteiger partial charge is 0.335 e. The molecule has 0 spiro atoms. The summed E-state index contributed by atoms with van der Waals surface area (Å²) in [5, 5.41) is 9.31. The third kappa shape index (κ3) is 3.24. The van der Waals surface area contributed by atoms with Crippen molar-refractivity contribution in [1.29, 1.82) is 0 Å². The van der Waals surface area contributed by atoms with Crippen molar-refractivity contribution in [1.82, 2.24) is 0 Å². The van der Waals surface area contributed by atoms with Crippen LogP contribution in [-0.2, 0) is 0 Å². The Morgan fingerprint density at radius 1 is 1.59 bits per heavy atom. The van der Waals surface area contributed by atoms with E-state index in [2.05, 4.69) is 11.5 Å². The van der Waals surface area contributed by atoms with Crippen LogP contribution in [-0.4, -0.2) is 23.7 Å². The Morgan fingerprint density at radius 3 is 2.65 bits per heavy atom. The molecule has 0 atom stereocenters. The highest BCUT2D eigenvalue weighted by Crippen LogP contribution is 2.28. The molecule has 0 unspecified atom stereocenters. The molecular weight excluding hydrogens is 238 g/mol. The zero-order valence-electron chi connectivity index (χ0n) is 9.98. The summed E-state index contributed by atoms with van der Waals surface area (Å²) in [6.45, 7) is 8.47. The molecule has 0 saturated heterocycles. The summed E-state index contributed by atoms with van der Waals surface area (Å²) < 4.78 is 0. The van der Waals surface area contributed by atoms with Crippen molar-refractivity contribution in [3.05, 3.63) is 41.4 Å². The van der Waals surface area contributed by atoms with Gasteiger partial charge >= 0.3 is 5.97 Å². The first kappa shape index (κ1) is 13.6. The lowest BCUT2D eigenvalue weighted by atomic mass is 10.1. The van der Waals surface area contributed by atoms with Gasteiger partial charge in [-0.3, -0.25) is 0 Å². The zero-order valence-corrected chi connectivity index (χ0v) is 10.7. The van der Waals surface area contributed by atoms with Crippen molar-refractivity contribution in [2.24, 2.45) is 0 Å². The summed E-state index contributed by atoms with van der Waals surface area (Å²) in [5.41, 5.74) is 1.02. The quantitative estimate of drug-likeness (QED) is 0.818. The second-order valence-electron chi connectivity index (χ2n) is 4.01. The summed E-state index contributed by atoms with van der Waals surface area (Å²) in [7, 11) is 0. The van der Waals surface area contributed by atoms with E-state index in [1.807, 2.05) is 13.8 Å². The van der Waals surface area contributed by atoms with Crippen LogP contribution in [0.4, 0.5) is 5.69 Å². The molecule has 0 aliphatic heterocycles. The maximum Gasteiger partial charge on any atom is 0.335 e. The van der Waals surface area contributed by atoms with Gasteiger partial charge in [0, 0.05) is 12.6 Å². The lowest BCUT2D eigenvalue weighted by Crippen LogP contribution is -2.31. The maximum atomic E-state index is 10.8. The Balaban J connectivity index is 3.12. The molecule has 0 radical (unpaired) electrons. The van der Waals surface area contributed by atoms with E-state index < -0.39 is 5.97 Å². The fourth-order valence-electron chi connectivity index (χ4n) is 1.60. The van der Waals surface area contributed by atoms with Gasteiger partial charge in [0.15, 0.2) is 0 Å². The van der Waals surface area contributed by atoms with Crippen LogP contribution in [0.3, 0.4) is 0 Å². The Labute approximate surface area is 106 Å². The van der Waals surface area contributed by atoms with Crippen LogP contribution in [0.1, 0.15) is 24.2 Å². The highest BCUT2D eigenvalue weighted by molar-refractivity contribution is 6.33. The van der Waals surface area contributed by atoms with Crippen LogP contribution >= 0.6 is 11.6 Å². The van der Waals surface area contributed by atoms with Crippen LogP contribution < -0.4 is 4.90 Å². The molecule has 0 bridgehead atoms. The van der Waals surface area contributed by atoms with Crippen LogP contribution in [0.25, 0.3) is 0 Å². The molecule has 1 aromatic rings. The minimum Gasteiger partial charge on any atom is -0.478 e. The van der Waals surface area contributed by atoms with Crippen molar-refractivity contribution >= 4 is 23.3 Å². The first-order valence-electron chi connectivity index (χ1n) is 5.37. The first-order chi connectivity index (χ1) is 7.97. The lowest BCUT2D eigenvalue weighted by Gasteiger charge is -2.28. The van der Waals surface area contributed by atoms with Crippen LogP contribution in [0.2, 0.25) is 5.02 Å². The summed E-state index contributed by atoms with van der Waals surface area (Å²) in [6, 6.07) is 5.02. The highest BCUT2D eigenvalue weighted by atomic mass is 35.5. The molecule has 92 valence electrons. The number of carboxylic acid groups (broad SMARTS) is 1. The van der Waals surface area contributed by atoms with E-state index in [4.69, 9.17) is 16.7 Å². The van der Waals surface area contributed by atoms with Gasteiger partial charge in [-0.1, -0.05) is 17.7 Å². The van der Waals surface area contributed by atoms with Gasteiger partial charge in [0.1, 0.15) is 0 Å². The molecule has 1 aromatic carbocycles. The van der Waals surface area contributed by atoms with Crippen molar-refractivity contribution in [2.45, 2.75) is 19.9 Å². The predicted octanol–water partition coefficient (Wildman–Crippen LogP) is 3.44. The predicted molar refractivity (Wildman–Crippen MR) is 71.1 cm³/mol. The largest absolute Gasteiger partial charge is 0.478 e. The number of benzene rings is 1. The van der Waals surface area contributed by atoms with Crippen molar-refractivity contribution in [2.75, 3.05) is 11.4 Å². The maximum absolute atomic E-state index is 10.8. The number of aromatic carboxylic acids is 1. The average Bonchev–Trinajstić information content (AvgIpc) is 2.26. The van der Waals surface area contributed by atoms with Crippen LogP contribution in [0.5, 0.6) is 0 Å². The normalized spacial score (nSPS) is 10.4. The molecule has 17 heavy (non-hydrogen) atoms. The molecule has 0 aliphatic rings. The second-order valence-corrected chi connectivity index (χ2v) is 4.41. The number of anilines is 1. The van der Waals surface area contributed by atoms with E-state index >= 15 is 0 Å². The van der Waals surface area contributed by atoms with Crippen molar-refractivity contribution < 1.29 is 9.90 Å². The number of carbonyl (C=O) groups is 1. The molecule has 0 heterocycles. The van der Waals surface area contributed by atoms with Gasteiger partial charge in [-0.25, -0.2) is 4.79 Å². The second kappa shape index (κ2) is 5.73. The van der Waals surface area contributed by atoms with E-state index in [1.165, 1.54) is 6.07 Å². The summed E-state index contributed by atoms with van der Waals surface area (Å²) in [5.74, 6) is -0.974. The van der Waals surface area contributed by atoms with Crippen molar-refractivity contribution in [3.63, 3.8) is 0 Å². The fraction of sp³-hybridized carbons (Fsp3) is 0.308. The van der Waals surface area contributed by atoms with Gasteiger partial charge in [0.2, 0.25) is 0 Å². The van der Waals surface area contributed by atoms with Gasteiger partial charge < -0.3 is 10.0 Å². The van der Waals surface area contributed by atoms with Gasteiger partial charge in [0.05, 0.1) is 16.3 Å². The van der Waals surface area contributed by atoms with E-state index in [-0.39, 0.29) is 11.6 Å². The average molecular weight is 254 g/mol. The Morgan fingerprint density at radius 2 is 2.24 bits per heavy atom. The number of rotatable bonds is 5. The number of carboxylic acids is 1. The summed E-state index contributed by atoms with van der Waals surface area (Å²) in [6.07, 6.45) is 1.79. The third-order valence-electron chi connectivity index (χ3n) is 2.45. The molecule has 1 N–H and O–H groups in total. The minimum absolute atomic E-state index is 0.195. The first-order valence-corrected chi connectivity index (χ1v) is 5.75. The summed E-state index contributed by atoms with van der Waals surface area (Å²) in [4.78, 5) is 12.9. The van der Waals surface area contributed by atoms with Gasteiger partial charge in [-0.2, -0.15) is 0 Å². The monoisotopic (exact) mass is 253 g/mol. The number of hydrogen-bond acceptors (Lipinski definition) is 2. The minimum atomic E-state index is -0.974. The third-order valence-corrected chi connectivity index (χ3v) is 2.76. The Bertz CT molecular complexity index is 429. The van der Waals surface area contributed by atoms with E-state index in [0.717, 1.165) is 5.69 Å². The van der Waals surface area contributed by atoms with E-state index in [0.29, 0.717) is 11.6 Å². The van der Waals surface area contributed by atoms with Crippen LogP contribution in [0, 0.1) is 0 Å². The SMILES string of the molecule is C=CCN(c1ccc(C(=O)O)cc1Cl)C(C)C. The van der Waals surface area contributed by atoms with Crippen LogP contribution in [0.15, 0.2) is 30.9 Å². The summed E-state index contributed by atoms with van der Waals surface area (Å²) >= 11 is 6.11. The van der Waals surface area contributed by atoms with Crippen molar-refractivity contribution in [3.8, 4) is 0 Å². The topological polar surface area (TPSA) is 40.5 Å². The number of hydrogen-bond donors (Lipinski definition) is 1. The number of halogens is 1. The molecular formula is C13H16ClNO2. The highest BCUT2D eigenvalue weighted by Gasteiger charge is 2.14. The standard InChI is InChI=1S/C13H16ClNO2/c1-4-7-15(9(2)3)12-6-5-10(13(16)17)8-11(12)14/h4-6,8-9H,1,7H2,2-3H3,(H,16,17). The van der Waals surface area contributed by atoms with E-state index in [1.54, 1.807) is 18.2 Å². The van der Waals surface area contributed by atoms with Gasteiger partial charge in [0.25, 0.3) is 0 Å². The number of nitrogens with zero attached hydrogens (tertiary/aromatic N) is 1. The lowest BCUT2D eigenvalue weighted by molar-refractivity contribution is 0.0697. The molecule has 0 fully saturated rings. The molecule has 0 saturated carbocycles. The molecule has 1 rings (SSSR count). The molecule has 0 amide bonds. The van der Waals surface area contributed by atoms with Gasteiger partial charge in [-0.15, -0.1) is 6.58 Å². The van der Waals surface area contributed by atoms with Gasteiger partial charge in [-0.05, 0) is 32.0 Å². The molecule has 0 aliphatic carbocycles. The fourth-order valence-corrected chi connectivity index (χ4v) is 1.89. The molecule has 3 nitrogen and oxygen atoms in total. The molecule has 4 heteroatoms. The van der Waals surface area contributed by atoms with E-state index in [9.17, 15) is 4.79 Å². The zero-order chi connectivity index (χ0) is 13.0. The molecule has 0 aromatic heterocycles.